The summed E-state index contributed by atoms with van der Waals surface area (Å²) in [5.74, 6) is 0. The first-order valence-electron chi connectivity index (χ1n) is 7.86. The maximum atomic E-state index is 4.50. The van der Waals surface area contributed by atoms with Gasteiger partial charge in [0, 0.05) is 13.1 Å². The highest BCUT2D eigenvalue weighted by molar-refractivity contribution is 5.52. The van der Waals surface area contributed by atoms with E-state index in [0.717, 1.165) is 11.1 Å². The summed E-state index contributed by atoms with van der Waals surface area (Å²) < 4.78 is 1.99. The van der Waals surface area contributed by atoms with E-state index in [0.29, 0.717) is 6.04 Å². The van der Waals surface area contributed by atoms with Crippen molar-refractivity contribution in [1.82, 2.24) is 9.78 Å². The van der Waals surface area contributed by atoms with Gasteiger partial charge in [-0.2, -0.15) is 5.10 Å². The molecule has 1 spiro atoms. The van der Waals surface area contributed by atoms with Gasteiger partial charge >= 0.3 is 0 Å². The first-order valence-corrected chi connectivity index (χ1v) is 7.86. The summed E-state index contributed by atoms with van der Waals surface area (Å²) in [6, 6.07) is 0.660. The van der Waals surface area contributed by atoms with Crippen LogP contribution < -0.4 is 5.32 Å². The SMILES string of the molecule is Cc1nn(C)c(C)c1NC1CCC2(CCCC2)CC1. The van der Waals surface area contributed by atoms with Crippen molar-refractivity contribution in [2.24, 2.45) is 12.5 Å². The number of rotatable bonds is 2. The van der Waals surface area contributed by atoms with E-state index < -0.39 is 0 Å². The average molecular weight is 261 g/mol. The standard InChI is InChI=1S/C16H27N3/c1-12-15(13(2)19(3)18-12)17-14-6-10-16(11-7-14)8-4-5-9-16/h14,17H,4-11H2,1-3H3. The fourth-order valence-corrected chi connectivity index (χ4v) is 4.19. The van der Waals surface area contributed by atoms with Crippen molar-refractivity contribution < 1.29 is 0 Å². The molecule has 1 heterocycles. The summed E-state index contributed by atoms with van der Waals surface area (Å²) in [5, 5.41) is 8.26. The van der Waals surface area contributed by atoms with Crippen LogP contribution in [0.3, 0.4) is 0 Å². The Morgan fingerprint density at radius 3 is 2.26 bits per heavy atom. The molecule has 2 aliphatic rings. The Hall–Kier alpha value is -0.990. The molecule has 1 N–H and O–H groups in total. The van der Waals surface area contributed by atoms with Gasteiger partial charge in [0.15, 0.2) is 0 Å². The molecular formula is C16H27N3. The minimum absolute atomic E-state index is 0.660. The smallest absolute Gasteiger partial charge is 0.0827 e. The van der Waals surface area contributed by atoms with Crippen LogP contribution in [0.5, 0.6) is 0 Å². The van der Waals surface area contributed by atoms with Gasteiger partial charge in [-0.05, 0) is 57.8 Å². The van der Waals surface area contributed by atoms with Gasteiger partial charge in [0.1, 0.15) is 0 Å². The first-order chi connectivity index (χ1) is 9.10. The highest BCUT2D eigenvalue weighted by Gasteiger charge is 2.37. The summed E-state index contributed by atoms with van der Waals surface area (Å²) in [6.07, 6.45) is 11.5. The molecule has 0 aliphatic heterocycles. The number of aryl methyl sites for hydroxylation is 2. The van der Waals surface area contributed by atoms with Crippen LogP contribution in [0.1, 0.15) is 62.8 Å². The molecule has 0 atom stereocenters. The largest absolute Gasteiger partial charge is 0.379 e. The van der Waals surface area contributed by atoms with Crippen molar-refractivity contribution in [3.8, 4) is 0 Å². The van der Waals surface area contributed by atoms with Crippen molar-refractivity contribution in [2.45, 2.75) is 71.3 Å². The van der Waals surface area contributed by atoms with Gasteiger partial charge in [-0.1, -0.05) is 12.8 Å². The summed E-state index contributed by atoms with van der Waals surface area (Å²) in [7, 11) is 2.03. The normalized spacial score (nSPS) is 23.1. The van der Waals surface area contributed by atoms with Gasteiger partial charge < -0.3 is 5.32 Å². The molecule has 1 aromatic heterocycles. The van der Waals surface area contributed by atoms with Gasteiger partial charge in [-0.15, -0.1) is 0 Å². The van der Waals surface area contributed by atoms with Gasteiger partial charge in [0.2, 0.25) is 0 Å². The highest BCUT2D eigenvalue weighted by Crippen LogP contribution is 2.49. The lowest BCUT2D eigenvalue weighted by Gasteiger charge is -2.37. The predicted molar refractivity (Wildman–Crippen MR) is 79.5 cm³/mol. The van der Waals surface area contributed by atoms with Crippen molar-refractivity contribution >= 4 is 5.69 Å². The molecule has 2 aliphatic carbocycles. The van der Waals surface area contributed by atoms with E-state index in [1.807, 2.05) is 11.7 Å². The molecule has 0 radical (unpaired) electrons. The number of hydrogen-bond donors (Lipinski definition) is 1. The Labute approximate surface area is 116 Å². The second kappa shape index (κ2) is 4.84. The molecule has 3 heteroatoms. The summed E-state index contributed by atoms with van der Waals surface area (Å²) in [5.41, 5.74) is 4.41. The first kappa shape index (κ1) is 13.0. The molecule has 3 nitrogen and oxygen atoms in total. The molecule has 2 fully saturated rings. The zero-order valence-corrected chi connectivity index (χ0v) is 12.6. The van der Waals surface area contributed by atoms with E-state index in [-0.39, 0.29) is 0 Å². The van der Waals surface area contributed by atoms with Crippen LogP contribution in [-0.2, 0) is 7.05 Å². The minimum atomic E-state index is 0.660. The van der Waals surface area contributed by atoms with Crippen LogP contribution in [0, 0.1) is 19.3 Å². The molecule has 3 rings (SSSR count). The van der Waals surface area contributed by atoms with Crippen LogP contribution in [0.25, 0.3) is 0 Å². The molecule has 0 amide bonds. The Bertz CT molecular complexity index is 445. The third-order valence-corrected chi connectivity index (χ3v) is 5.57. The van der Waals surface area contributed by atoms with E-state index in [9.17, 15) is 0 Å². The highest BCUT2D eigenvalue weighted by atomic mass is 15.3. The second-order valence-electron chi connectivity index (χ2n) is 6.80. The van der Waals surface area contributed by atoms with Crippen LogP contribution in [0.4, 0.5) is 5.69 Å². The fraction of sp³-hybridized carbons (Fsp3) is 0.812. The molecule has 106 valence electrons. The lowest BCUT2D eigenvalue weighted by molar-refractivity contribution is 0.188. The van der Waals surface area contributed by atoms with Crippen molar-refractivity contribution in [3.63, 3.8) is 0 Å². The monoisotopic (exact) mass is 261 g/mol. The van der Waals surface area contributed by atoms with E-state index in [1.165, 1.54) is 62.7 Å². The fourth-order valence-electron chi connectivity index (χ4n) is 4.19. The number of hydrogen-bond acceptors (Lipinski definition) is 2. The quantitative estimate of drug-likeness (QED) is 0.873. The van der Waals surface area contributed by atoms with Crippen LogP contribution >= 0.6 is 0 Å². The van der Waals surface area contributed by atoms with Gasteiger partial charge in [0.05, 0.1) is 17.1 Å². The third kappa shape index (κ3) is 2.39. The van der Waals surface area contributed by atoms with E-state index in [2.05, 4.69) is 24.3 Å². The molecule has 0 saturated heterocycles. The maximum Gasteiger partial charge on any atom is 0.0827 e. The number of aromatic nitrogens is 2. The van der Waals surface area contributed by atoms with E-state index >= 15 is 0 Å². The van der Waals surface area contributed by atoms with Crippen molar-refractivity contribution in [3.05, 3.63) is 11.4 Å². The predicted octanol–water partition coefficient (Wildman–Crippen LogP) is 3.95. The van der Waals surface area contributed by atoms with E-state index in [1.54, 1.807) is 0 Å². The molecule has 0 bridgehead atoms. The lowest BCUT2D eigenvalue weighted by atomic mass is 9.71. The van der Waals surface area contributed by atoms with Crippen molar-refractivity contribution in [1.29, 1.82) is 0 Å². The Kier molecular flexibility index (Phi) is 3.32. The Balaban J connectivity index is 1.63. The number of anilines is 1. The topological polar surface area (TPSA) is 29.9 Å². The average Bonchev–Trinajstić information content (AvgIpc) is 2.94. The van der Waals surface area contributed by atoms with Gasteiger partial charge in [-0.25, -0.2) is 0 Å². The summed E-state index contributed by atoms with van der Waals surface area (Å²) in [4.78, 5) is 0. The number of nitrogens with one attached hydrogen (secondary N) is 1. The molecule has 1 aromatic rings. The van der Waals surface area contributed by atoms with E-state index in [4.69, 9.17) is 0 Å². The van der Waals surface area contributed by atoms with Crippen LogP contribution in [0.15, 0.2) is 0 Å². The third-order valence-electron chi connectivity index (χ3n) is 5.57. The van der Waals surface area contributed by atoms with Gasteiger partial charge in [0.25, 0.3) is 0 Å². The van der Waals surface area contributed by atoms with Crippen LogP contribution in [-0.4, -0.2) is 15.8 Å². The maximum absolute atomic E-state index is 4.50. The summed E-state index contributed by atoms with van der Waals surface area (Å²) in [6.45, 7) is 4.26. The molecule has 0 aromatic carbocycles. The lowest BCUT2D eigenvalue weighted by Crippen LogP contribution is -2.32. The summed E-state index contributed by atoms with van der Waals surface area (Å²) >= 11 is 0. The Morgan fingerprint density at radius 2 is 1.74 bits per heavy atom. The zero-order chi connectivity index (χ0) is 13.5. The van der Waals surface area contributed by atoms with Crippen LogP contribution in [0.2, 0.25) is 0 Å². The molecule has 2 saturated carbocycles. The minimum Gasteiger partial charge on any atom is -0.379 e. The molecular weight excluding hydrogens is 234 g/mol. The van der Waals surface area contributed by atoms with Crippen molar-refractivity contribution in [2.75, 3.05) is 5.32 Å². The Morgan fingerprint density at radius 1 is 1.11 bits per heavy atom. The zero-order valence-electron chi connectivity index (χ0n) is 12.6. The van der Waals surface area contributed by atoms with Gasteiger partial charge in [-0.3, -0.25) is 4.68 Å². The second-order valence-corrected chi connectivity index (χ2v) is 6.80. The molecule has 0 unspecified atom stereocenters. The number of nitrogens with zero attached hydrogens (tertiary/aromatic N) is 2. The molecule has 19 heavy (non-hydrogen) atoms.